The number of carbonyl (C=O) groups is 1. The van der Waals surface area contributed by atoms with Gasteiger partial charge in [-0.15, -0.1) is 0 Å². The molecule has 0 atom stereocenters. The molecular weight excluding hydrogens is 388 g/mol. The summed E-state index contributed by atoms with van der Waals surface area (Å²) in [6, 6.07) is 8.44. The quantitative estimate of drug-likeness (QED) is 0.431. The van der Waals surface area contributed by atoms with Crippen LogP contribution in [0, 0.1) is 0 Å². The molecule has 0 aliphatic heterocycles. The van der Waals surface area contributed by atoms with Gasteiger partial charge in [-0.1, -0.05) is 0 Å². The van der Waals surface area contributed by atoms with Crippen molar-refractivity contribution in [2.45, 2.75) is 0 Å². The second-order valence-electron chi connectivity index (χ2n) is 6.15. The lowest BCUT2D eigenvalue weighted by Gasteiger charge is -2.15. The van der Waals surface area contributed by atoms with Crippen molar-refractivity contribution in [1.82, 2.24) is 19.7 Å². The number of oxazole rings is 1. The predicted octanol–water partition coefficient (Wildman–Crippen LogP) is 3.18. The van der Waals surface area contributed by atoms with Crippen LogP contribution < -0.4 is 14.2 Å². The molecule has 2 aromatic heterocycles. The van der Waals surface area contributed by atoms with Gasteiger partial charge in [0.1, 0.15) is 18.9 Å². The van der Waals surface area contributed by atoms with E-state index in [4.69, 9.17) is 18.6 Å². The van der Waals surface area contributed by atoms with E-state index in [9.17, 15) is 4.79 Å². The van der Waals surface area contributed by atoms with E-state index in [-0.39, 0.29) is 5.78 Å². The van der Waals surface area contributed by atoms with E-state index >= 15 is 0 Å². The largest absolute Gasteiger partial charge is 0.493 e. The first-order valence-corrected chi connectivity index (χ1v) is 8.90. The second-order valence-corrected chi connectivity index (χ2v) is 6.15. The van der Waals surface area contributed by atoms with Gasteiger partial charge >= 0.3 is 0 Å². The summed E-state index contributed by atoms with van der Waals surface area (Å²) in [6.45, 7) is 0. The maximum absolute atomic E-state index is 13.4. The predicted molar refractivity (Wildman–Crippen MR) is 106 cm³/mol. The molecule has 0 amide bonds. The Hall–Kier alpha value is -4.14. The zero-order chi connectivity index (χ0) is 21.1. The highest BCUT2D eigenvalue weighted by Gasteiger charge is 2.22. The van der Waals surface area contributed by atoms with Crippen LogP contribution in [0.4, 0.5) is 0 Å². The Morgan fingerprint density at radius 2 is 1.80 bits per heavy atom. The van der Waals surface area contributed by atoms with Crippen LogP contribution >= 0.6 is 0 Å². The lowest BCUT2D eigenvalue weighted by Crippen LogP contribution is -2.09. The van der Waals surface area contributed by atoms with Gasteiger partial charge in [0.25, 0.3) is 0 Å². The number of nitrogens with zero attached hydrogens (tertiary/aromatic N) is 4. The van der Waals surface area contributed by atoms with Crippen molar-refractivity contribution in [3.05, 3.63) is 66.6 Å². The third-order valence-electron chi connectivity index (χ3n) is 4.51. The summed E-state index contributed by atoms with van der Waals surface area (Å²) in [4.78, 5) is 21.6. The Balaban J connectivity index is 1.85. The maximum Gasteiger partial charge on any atom is 0.225 e. The van der Waals surface area contributed by atoms with E-state index in [1.807, 2.05) is 0 Å². The fourth-order valence-electron chi connectivity index (χ4n) is 3.11. The Labute approximate surface area is 171 Å². The minimum absolute atomic E-state index is 0.251. The van der Waals surface area contributed by atoms with Crippen molar-refractivity contribution in [3.63, 3.8) is 0 Å². The molecule has 0 aliphatic carbocycles. The second kappa shape index (κ2) is 8.08. The molecule has 4 rings (SSSR count). The minimum Gasteiger partial charge on any atom is -0.493 e. The van der Waals surface area contributed by atoms with Crippen molar-refractivity contribution in [2.75, 3.05) is 21.3 Å². The fourth-order valence-corrected chi connectivity index (χ4v) is 3.11. The van der Waals surface area contributed by atoms with Crippen molar-refractivity contribution < 1.29 is 23.4 Å². The van der Waals surface area contributed by atoms with Crippen LogP contribution in [0.3, 0.4) is 0 Å². The molecule has 4 aromatic rings. The molecule has 0 spiro atoms. The normalized spacial score (nSPS) is 10.6. The highest BCUT2D eigenvalue weighted by Crippen LogP contribution is 2.39. The SMILES string of the molecule is COc1cc(C(=O)c2ccc(-c3ncco3)cc2-n2cncn2)cc(OC)c1OC. The van der Waals surface area contributed by atoms with E-state index in [0.717, 1.165) is 0 Å². The minimum atomic E-state index is -0.251. The third kappa shape index (κ3) is 3.37. The number of hydrogen-bond acceptors (Lipinski definition) is 8. The van der Waals surface area contributed by atoms with Gasteiger partial charge in [-0.2, -0.15) is 5.10 Å². The van der Waals surface area contributed by atoms with E-state index in [1.54, 1.807) is 36.5 Å². The summed E-state index contributed by atoms with van der Waals surface area (Å²) >= 11 is 0. The van der Waals surface area contributed by atoms with Gasteiger partial charge in [-0.3, -0.25) is 4.79 Å². The van der Waals surface area contributed by atoms with Gasteiger partial charge in [0.2, 0.25) is 11.6 Å². The summed E-state index contributed by atoms with van der Waals surface area (Å²) in [5.74, 6) is 1.37. The van der Waals surface area contributed by atoms with Crippen molar-refractivity contribution in [1.29, 1.82) is 0 Å². The molecule has 0 bridgehead atoms. The molecule has 9 nitrogen and oxygen atoms in total. The van der Waals surface area contributed by atoms with Gasteiger partial charge in [-0.05, 0) is 30.3 Å². The van der Waals surface area contributed by atoms with Crippen LogP contribution in [0.5, 0.6) is 17.2 Å². The molecule has 0 fully saturated rings. The first kappa shape index (κ1) is 19.2. The number of ketones is 1. The third-order valence-corrected chi connectivity index (χ3v) is 4.51. The summed E-state index contributed by atoms with van der Waals surface area (Å²) in [6.07, 6.45) is 5.95. The van der Waals surface area contributed by atoms with Gasteiger partial charge in [0.05, 0.1) is 33.2 Å². The fraction of sp³-hybridized carbons (Fsp3) is 0.143. The number of aromatic nitrogens is 4. The number of benzene rings is 2. The molecule has 0 unspecified atom stereocenters. The average molecular weight is 406 g/mol. The van der Waals surface area contributed by atoms with Gasteiger partial charge in [0, 0.05) is 16.7 Å². The molecule has 0 saturated carbocycles. The summed E-state index contributed by atoms with van der Waals surface area (Å²) < 4.78 is 23.0. The summed E-state index contributed by atoms with van der Waals surface area (Å²) in [7, 11) is 4.50. The number of rotatable bonds is 7. The first-order valence-electron chi connectivity index (χ1n) is 8.90. The number of carbonyl (C=O) groups excluding carboxylic acids is 1. The van der Waals surface area contributed by atoms with Crippen LogP contribution in [-0.2, 0) is 0 Å². The lowest BCUT2D eigenvalue weighted by atomic mass is 9.99. The van der Waals surface area contributed by atoms with E-state index < -0.39 is 0 Å². The molecule has 0 radical (unpaired) electrons. The molecule has 0 N–H and O–H groups in total. The van der Waals surface area contributed by atoms with Crippen molar-refractivity contribution >= 4 is 5.78 Å². The molecule has 2 heterocycles. The topological polar surface area (TPSA) is 102 Å². The van der Waals surface area contributed by atoms with Crippen LogP contribution in [0.25, 0.3) is 17.1 Å². The Morgan fingerprint density at radius 1 is 1.03 bits per heavy atom. The van der Waals surface area contributed by atoms with Gasteiger partial charge in [0.15, 0.2) is 17.3 Å². The Morgan fingerprint density at radius 3 is 2.37 bits per heavy atom. The highest BCUT2D eigenvalue weighted by atomic mass is 16.5. The molecule has 9 heteroatoms. The number of hydrogen-bond donors (Lipinski definition) is 0. The molecule has 0 saturated heterocycles. The monoisotopic (exact) mass is 406 g/mol. The first-order chi connectivity index (χ1) is 14.7. The smallest absolute Gasteiger partial charge is 0.225 e. The van der Waals surface area contributed by atoms with Crippen LogP contribution in [0.2, 0.25) is 0 Å². The highest BCUT2D eigenvalue weighted by molar-refractivity contribution is 6.12. The summed E-state index contributed by atoms with van der Waals surface area (Å²) in [5.41, 5.74) is 2.01. The molecule has 0 aliphatic rings. The van der Waals surface area contributed by atoms with E-state index in [1.165, 1.54) is 44.9 Å². The zero-order valence-electron chi connectivity index (χ0n) is 16.5. The van der Waals surface area contributed by atoms with Crippen LogP contribution in [0.15, 0.2) is 59.9 Å². The van der Waals surface area contributed by atoms with Gasteiger partial charge < -0.3 is 18.6 Å². The van der Waals surface area contributed by atoms with Crippen molar-refractivity contribution in [2.24, 2.45) is 0 Å². The molecular formula is C21H18N4O5. The van der Waals surface area contributed by atoms with E-state index in [0.29, 0.717) is 45.5 Å². The lowest BCUT2D eigenvalue weighted by molar-refractivity contribution is 0.103. The van der Waals surface area contributed by atoms with E-state index in [2.05, 4.69) is 15.1 Å². The Bertz CT molecular complexity index is 1150. The van der Waals surface area contributed by atoms with Crippen LogP contribution in [-0.4, -0.2) is 46.9 Å². The summed E-state index contributed by atoms with van der Waals surface area (Å²) in [5, 5.41) is 4.17. The molecule has 152 valence electrons. The van der Waals surface area contributed by atoms with Crippen molar-refractivity contribution in [3.8, 4) is 34.4 Å². The molecule has 30 heavy (non-hydrogen) atoms. The van der Waals surface area contributed by atoms with Crippen LogP contribution in [0.1, 0.15) is 15.9 Å². The zero-order valence-corrected chi connectivity index (χ0v) is 16.5. The van der Waals surface area contributed by atoms with Gasteiger partial charge in [-0.25, -0.2) is 14.6 Å². The number of ether oxygens (including phenoxy) is 3. The molecule has 2 aromatic carbocycles. The standard InChI is InChI=1S/C21H18N4O5/c1-27-17-9-14(10-18(28-2)20(17)29-3)19(26)15-5-4-13(21-23-6-7-30-21)8-16(15)25-12-22-11-24-25/h4-12H,1-3H3. The number of methoxy groups -OCH3 is 3. The average Bonchev–Trinajstić information content (AvgIpc) is 3.51. The Kier molecular flexibility index (Phi) is 5.17. The maximum atomic E-state index is 13.4.